The molecule has 114 valence electrons. The molecule has 0 aromatic heterocycles. The predicted molar refractivity (Wildman–Crippen MR) is 86.8 cm³/mol. The number of nitrogens with one attached hydrogen (secondary N) is 1. The van der Waals surface area contributed by atoms with Gasteiger partial charge in [-0.2, -0.15) is 0 Å². The number of anilines is 1. The summed E-state index contributed by atoms with van der Waals surface area (Å²) in [5.41, 5.74) is 1.46. The first kappa shape index (κ1) is 16.0. The highest BCUT2D eigenvalue weighted by Crippen LogP contribution is 2.25. The van der Waals surface area contributed by atoms with Crippen LogP contribution in [0.3, 0.4) is 0 Å². The van der Waals surface area contributed by atoms with Crippen molar-refractivity contribution in [1.29, 1.82) is 0 Å². The summed E-state index contributed by atoms with van der Waals surface area (Å²) in [7, 11) is 1.48. The third kappa shape index (κ3) is 3.28. The molecule has 0 aliphatic heterocycles. The third-order valence-corrected chi connectivity index (χ3v) is 3.71. The van der Waals surface area contributed by atoms with Crippen LogP contribution in [-0.4, -0.2) is 24.1 Å². The van der Waals surface area contributed by atoms with E-state index in [-0.39, 0.29) is 11.5 Å². The SMILES string of the molecule is COc1ccc(Br)cc1C(=O)Nc1cccc(C(=O)O)c1C. The lowest BCUT2D eigenvalue weighted by Gasteiger charge is -2.12. The molecular weight excluding hydrogens is 350 g/mol. The van der Waals surface area contributed by atoms with Crippen LogP contribution in [0.1, 0.15) is 26.3 Å². The lowest BCUT2D eigenvalue weighted by molar-refractivity contribution is 0.0695. The van der Waals surface area contributed by atoms with Gasteiger partial charge < -0.3 is 15.2 Å². The number of carboxylic acids is 1. The van der Waals surface area contributed by atoms with Gasteiger partial charge in [0.2, 0.25) is 0 Å². The van der Waals surface area contributed by atoms with E-state index in [9.17, 15) is 9.59 Å². The number of carbonyl (C=O) groups excluding carboxylic acids is 1. The molecule has 0 aliphatic carbocycles. The Bertz CT molecular complexity index is 743. The number of methoxy groups -OCH3 is 1. The number of ether oxygens (including phenoxy) is 1. The molecule has 0 heterocycles. The molecule has 0 saturated heterocycles. The normalized spacial score (nSPS) is 10.1. The van der Waals surface area contributed by atoms with Crippen LogP contribution in [-0.2, 0) is 0 Å². The Kier molecular flexibility index (Phi) is 4.82. The van der Waals surface area contributed by atoms with Crippen molar-refractivity contribution in [2.75, 3.05) is 12.4 Å². The minimum atomic E-state index is -1.03. The molecule has 2 N–H and O–H groups in total. The van der Waals surface area contributed by atoms with Crippen molar-refractivity contribution >= 4 is 33.5 Å². The van der Waals surface area contributed by atoms with E-state index in [0.29, 0.717) is 22.6 Å². The van der Waals surface area contributed by atoms with Crippen LogP contribution in [0.4, 0.5) is 5.69 Å². The van der Waals surface area contributed by atoms with Crippen molar-refractivity contribution in [3.63, 3.8) is 0 Å². The molecule has 2 aromatic carbocycles. The van der Waals surface area contributed by atoms with Crippen LogP contribution < -0.4 is 10.1 Å². The number of amides is 1. The second kappa shape index (κ2) is 6.62. The molecule has 0 fully saturated rings. The molecule has 5 nitrogen and oxygen atoms in total. The molecule has 1 amide bonds. The minimum absolute atomic E-state index is 0.152. The van der Waals surface area contributed by atoms with Crippen molar-refractivity contribution in [3.8, 4) is 5.75 Å². The van der Waals surface area contributed by atoms with Crippen molar-refractivity contribution in [3.05, 3.63) is 57.6 Å². The number of carbonyl (C=O) groups is 2. The van der Waals surface area contributed by atoms with Gasteiger partial charge in [-0.1, -0.05) is 22.0 Å². The Hall–Kier alpha value is -2.34. The van der Waals surface area contributed by atoms with Gasteiger partial charge in [-0.3, -0.25) is 4.79 Å². The van der Waals surface area contributed by atoms with Gasteiger partial charge in [0, 0.05) is 10.2 Å². The summed E-state index contributed by atoms with van der Waals surface area (Å²) in [6.45, 7) is 1.65. The summed E-state index contributed by atoms with van der Waals surface area (Å²) in [4.78, 5) is 23.6. The highest BCUT2D eigenvalue weighted by Gasteiger charge is 2.16. The van der Waals surface area contributed by atoms with Crippen LogP contribution in [0.15, 0.2) is 40.9 Å². The van der Waals surface area contributed by atoms with E-state index in [1.165, 1.54) is 13.2 Å². The average Bonchev–Trinajstić information content (AvgIpc) is 2.49. The summed E-state index contributed by atoms with van der Waals surface area (Å²) in [6, 6.07) is 9.83. The highest BCUT2D eigenvalue weighted by molar-refractivity contribution is 9.10. The summed E-state index contributed by atoms with van der Waals surface area (Å²) in [5, 5.41) is 11.8. The number of halogens is 1. The topological polar surface area (TPSA) is 75.6 Å². The first-order chi connectivity index (χ1) is 10.4. The molecule has 0 unspecified atom stereocenters. The smallest absolute Gasteiger partial charge is 0.336 e. The summed E-state index contributed by atoms with van der Waals surface area (Å²) >= 11 is 3.31. The first-order valence-electron chi connectivity index (χ1n) is 6.42. The van der Waals surface area contributed by atoms with E-state index in [4.69, 9.17) is 9.84 Å². The Labute approximate surface area is 136 Å². The molecule has 0 saturated carbocycles. The van der Waals surface area contributed by atoms with Crippen molar-refractivity contribution < 1.29 is 19.4 Å². The lowest BCUT2D eigenvalue weighted by atomic mass is 10.1. The van der Waals surface area contributed by atoms with Crippen LogP contribution in [0.5, 0.6) is 5.75 Å². The van der Waals surface area contributed by atoms with Gasteiger partial charge in [-0.15, -0.1) is 0 Å². The number of hydrogen-bond acceptors (Lipinski definition) is 3. The summed E-state index contributed by atoms with van der Waals surface area (Å²) in [6.07, 6.45) is 0. The van der Waals surface area contributed by atoms with Crippen LogP contribution >= 0.6 is 15.9 Å². The van der Waals surface area contributed by atoms with E-state index in [2.05, 4.69) is 21.2 Å². The molecule has 0 aliphatic rings. The molecule has 0 bridgehead atoms. The first-order valence-corrected chi connectivity index (χ1v) is 7.21. The van der Waals surface area contributed by atoms with Gasteiger partial charge in [-0.25, -0.2) is 4.79 Å². The zero-order valence-corrected chi connectivity index (χ0v) is 13.6. The lowest BCUT2D eigenvalue weighted by Crippen LogP contribution is -2.15. The maximum Gasteiger partial charge on any atom is 0.336 e. The molecule has 0 spiro atoms. The molecule has 2 aromatic rings. The standard InChI is InChI=1S/C16H14BrNO4/c1-9-11(16(20)21)4-3-5-13(9)18-15(19)12-8-10(17)6-7-14(12)22-2/h3-8H,1-2H3,(H,18,19)(H,20,21). The van der Waals surface area contributed by atoms with Crippen molar-refractivity contribution in [2.45, 2.75) is 6.92 Å². The molecule has 2 rings (SSSR count). The van der Waals surface area contributed by atoms with Crippen molar-refractivity contribution in [2.24, 2.45) is 0 Å². The largest absolute Gasteiger partial charge is 0.496 e. The van der Waals surface area contributed by atoms with Gasteiger partial charge in [-0.05, 0) is 42.8 Å². The Morgan fingerprint density at radius 2 is 1.91 bits per heavy atom. The molecule has 22 heavy (non-hydrogen) atoms. The number of rotatable bonds is 4. The van der Waals surface area contributed by atoms with Crippen LogP contribution in [0, 0.1) is 6.92 Å². The van der Waals surface area contributed by atoms with E-state index in [1.54, 1.807) is 37.3 Å². The maximum atomic E-state index is 12.4. The zero-order chi connectivity index (χ0) is 16.3. The average molecular weight is 364 g/mol. The third-order valence-electron chi connectivity index (χ3n) is 3.22. The second-order valence-corrected chi connectivity index (χ2v) is 5.50. The van der Waals surface area contributed by atoms with Gasteiger partial charge in [0.05, 0.1) is 18.2 Å². The van der Waals surface area contributed by atoms with E-state index >= 15 is 0 Å². The van der Waals surface area contributed by atoms with Crippen LogP contribution in [0.2, 0.25) is 0 Å². The van der Waals surface area contributed by atoms with Gasteiger partial charge in [0.25, 0.3) is 5.91 Å². The minimum Gasteiger partial charge on any atom is -0.496 e. The maximum absolute atomic E-state index is 12.4. The fourth-order valence-corrected chi connectivity index (χ4v) is 2.41. The Balaban J connectivity index is 2.36. The van der Waals surface area contributed by atoms with E-state index < -0.39 is 5.97 Å². The monoisotopic (exact) mass is 363 g/mol. The molecule has 0 radical (unpaired) electrons. The fourth-order valence-electron chi connectivity index (χ4n) is 2.05. The molecule has 0 atom stereocenters. The number of hydrogen-bond donors (Lipinski definition) is 2. The predicted octanol–water partition coefficient (Wildman–Crippen LogP) is 3.72. The van der Waals surface area contributed by atoms with Crippen LogP contribution in [0.25, 0.3) is 0 Å². The number of aromatic carboxylic acids is 1. The van der Waals surface area contributed by atoms with Gasteiger partial charge >= 0.3 is 5.97 Å². The quantitative estimate of drug-likeness (QED) is 0.867. The fraction of sp³-hybridized carbons (Fsp3) is 0.125. The molecule has 6 heteroatoms. The van der Waals surface area contributed by atoms with Gasteiger partial charge in [0.1, 0.15) is 5.75 Å². The molecular formula is C16H14BrNO4. The second-order valence-electron chi connectivity index (χ2n) is 4.58. The Morgan fingerprint density at radius 3 is 2.55 bits per heavy atom. The van der Waals surface area contributed by atoms with Crippen molar-refractivity contribution in [1.82, 2.24) is 0 Å². The summed E-state index contributed by atoms with van der Waals surface area (Å²) < 4.78 is 5.92. The Morgan fingerprint density at radius 1 is 1.18 bits per heavy atom. The highest BCUT2D eigenvalue weighted by atomic mass is 79.9. The number of carboxylic acid groups (broad SMARTS) is 1. The van der Waals surface area contributed by atoms with Gasteiger partial charge in [0.15, 0.2) is 0 Å². The summed E-state index contributed by atoms with van der Waals surface area (Å²) in [5.74, 6) is -0.967. The van der Waals surface area contributed by atoms with E-state index in [1.807, 2.05) is 0 Å². The number of benzene rings is 2. The van der Waals surface area contributed by atoms with E-state index in [0.717, 1.165) is 4.47 Å². The zero-order valence-electron chi connectivity index (χ0n) is 12.0.